The molecule has 1 aromatic heterocycles. The maximum Gasteiger partial charge on any atom is 0.255 e. The van der Waals surface area contributed by atoms with E-state index in [2.05, 4.69) is 15.5 Å². The highest BCUT2D eigenvalue weighted by atomic mass is 35.5. The van der Waals surface area contributed by atoms with E-state index in [4.69, 9.17) is 23.2 Å². The first-order valence-corrected chi connectivity index (χ1v) is 7.51. The lowest BCUT2D eigenvalue weighted by molar-refractivity contribution is 0.102. The molecule has 1 amide bonds. The van der Waals surface area contributed by atoms with Crippen molar-refractivity contribution in [3.05, 3.63) is 64.4 Å². The molecule has 23 heavy (non-hydrogen) atoms. The molecule has 0 aliphatic rings. The van der Waals surface area contributed by atoms with Gasteiger partial charge in [-0.25, -0.2) is 0 Å². The molecule has 0 saturated heterocycles. The van der Waals surface area contributed by atoms with E-state index in [0.717, 1.165) is 11.4 Å². The lowest BCUT2D eigenvalue weighted by Gasteiger charge is -2.08. The van der Waals surface area contributed by atoms with Gasteiger partial charge in [0, 0.05) is 23.9 Å². The third kappa shape index (κ3) is 3.36. The maximum absolute atomic E-state index is 12.3. The highest BCUT2D eigenvalue weighted by molar-refractivity contribution is 6.42. The molecule has 1 N–H and O–H groups in total. The fourth-order valence-corrected chi connectivity index (χ4v) is 2.42. The number of rotatable bonds is 3. The minimum absolute atomic E-state index is 0.265. The SMILES string of the molecule is Cn1cnnc1-c1cccc(NC(=O)c2ccc(Cl)c(Cl)c2)c1. The van der Waals surface area contributed by atoms with Gasteiger partial charge < -0.3 is 9.88 Å². The number of carbonyl (C=O) groups excluding carboxylic acids is 1. The first kappa shape index (κ1) is 15.5. The standard InChI is InChI=1S/C16H12Cl2N4O/c1-22-9-19-21-15(22)10-3-2-4-12(7-10)20-16(23)11-5-6-13(17)14(18)8-11/h2-9H,1H3,(H,20,23). The van der Waals surface area contributed by atoms with Crippen molar-refractivity contribution in [3.8, 4) is 11.4 Å². The molecule has 7 heteroatoms. The number of carbonyl (C=O) groups is 1. The maximum atomic E-state index is 12.3. The summed E-state index contributed by atoms with van der Waals surface area (Å²) in [6.07, 6.45) is 1.62. The Hall–Kier alpha value is -2.37. The smallest absolute Gasteiger partial charge is 0.255 e. The van der Waals surface area contributed by atoms with Crippen LogP contribution in [0.1, 0.15) is 10.4 Å². The molecule has 2 aromatic carbocycles. The summed E-state index contributed by atoms with van der Waals surface area (Å²) < 4.78 is 1.81. The van der Waals surface area contributed by atoms with Crippen molar-refractivity contribution < 1.29 is 4.79 Å². The molecule has 3 aromatic rings. The second-order valence-corrected chi connectivity index (χ2v) is 5.74. The number of hydrogen-bond acceptors (Lipinski definition) is 3. The summed E-state index contributed by atoms with van der Waals surface area (Å²) in [4.78, 5) is 12.3. The summed E-state index contributed by atoms with van der Waals surface area (Å²) in [5, 5.41) is 11.5. The van der Waals surface area contributed by atoms with Crippen molar-refractivity contribution in [1.29, 1.82) is 0 Å². The summed E-state index contributed by atoms with van der Waals surface area (Å²) >= 11 is 11.8. The molecule has 0 spiro atoms. The highest BCUT2D eigenvalue weighted by Gasteiger charge is 2.10. The van der Waals surface area contributed by atoms with E-state index in [9.17, 15) is 4.79 Å². The van der Waals surface area contributed by atoms with Crippen LogP contribution in [0, 0.1) is 0 Å². The predicted octanol–water partition coefficient (Wildman–Crippen LogP) is 4.04. The molecule has 1 heterocycles. The average molecular weight is 347 g/mol. The first-order chi connectivity index (χ1) is 11.0. The Labute approximate surface area is 142 Å². The Balaban J connectivity index is 1.84. The van der Waals surface area contributed by atoms with Crippen molar-refractivity contribution >= 4 is 34.8 Å². The van der Waals surface area contributed by atoms with Gasteiger partial charge in [-0.05, 0) is 30.3 Å². The van der Waals surface area contributed by atoms with E-state index in [-0.39, 0.29) is 5.91 Å². The Kier molecular flexibility index (Phi) is 4.32. The zero-order valence-electron chi connectivity index (χ0n) is 12.1. The molecule has 0 bridgehead atoms. The molecule has 5 nitrogen and oxygen atoms in total. The van der Waals surface area contributed by atoms with Crippen LogP contribution in [0.5, 0.6) is 0 Å². The summed E-state index contributed by atoms with van der Waals surface area (Å²) in [5.74, 6) is 0.453. The van der Waals surface area contributed by atoms with Crippen LogP contribution in [0.15, 0.2) is 48.8 Å². The van der Waals surface area contributed by atoms with Crippen LogP contribution in [-0.4, -0.2) is 20.7 Å². The molecule has 0 fully saturated rings. The topological polar surface area (TPSA) is 59.8 Å². The highest BCUT2D eigenvalue weighted by Crippen LogP contribution is 2.24. The number of aromatic nitrogens is 3. The van der Waals surface area contributed by atoms with Crippen molar-refractivity contribution in [2.45, 2.75) is 0 Å². The van der Waals surface area contributed by atoms with Gasteiger partial charge in [0.25, 0.3) is 5.91 Å². The van der Waals surface area contributed by atoms with Crippen LogP contribution in [0.4, 0.5) is 5.69 Å². The van der Waals surface area contributed by atoms with Crippen LogP contribution in [0.2, 0.25) is 10.0 Å². The van der Waals surface area contributed by atoms with E-state index in [1.807, 2.05) is 25.2 Å². The zero-order valence-corrected chi connectivity index (χ0v) is 13.6. The van der Waals surface area contributed by atoms with Crippen molar-refractivity contribution in [2.24, 2.45) is 7.05 Å². The van der Waals surface area contributed by atoms with E-state index < -0.39 is 0 Å². The summed E-state index contributed by atoms with van der Waals surface area (Å²) in [6.45, 7) is 0. The monoisotopic (exact) mass is 346 g/mol. The summed E-state index contributed by atoms with van der Waals surface area (Å²) in [7, 11) is 1.86. The van der Waals surface area contributed by atoms with E-state index in [1.165, 1.54) is 6.07 Å². The predicted molar refractivity (Wildman–Crippen MR) is 90.9 cm³/mol. The number of anilines is 1. The van der Waals surface area contributed by atoms with Gasteiger partial charge in [-0.2, -0.15) is 0 Å². The van der Waals surface area contributed by atoms with Gasteiger partial charge in [-0.15, -0.1) is 10.2 Å². The fraction of sp³-hybridized carbons (Fsp3) is 0.0625. The lowest BCUT2D eigenvalue weighted by Crippen LogP contribution is -2.11. The number of benzene rings is 2. The van der Waals surface area contributed by atoms with Crippen LogP contribution < -0.4 is 5.32 Å². The number of aryl methyl sites for hydroxylation is 1. The number of nitrogens with one attached hydrogen (secondary N) is 1. The molecule has 0 unspecified atom stereocenters. The van der Waals surface area contributed by atoms with Crippen molar-refractivity contribution in [3.63, 3.8) is 0 Å². The number of amides is 1. The Bertz CT molecular complexity index is 876. The van der Waals surface area contributed by atoms with Crippen molar-refractivity contribution in [2.75, 3.05) is 5.32 Å². The van der Waals surface area contributed by atoms with Gasteiger partial charge in [-0.3, -0.25) is 4.79 Å². The molecular weight excluding hydrogens is 335 g/mol. The number of halogens is 2. The van der Waals surface area contributed by atoms with Gasteiger partial charge in [-0.1, -0.05) is 35.3 Å². The third-order valence-electron chi connectivity index (χ3n) is 3.27. The number of hydrogen-bond donors (Lipinski definition) is 1. The molecule has 0 aliphatic heterocycles. The lowest BCUT2D eigenvalue weighted by atomic mass is 10.1. The molecule has 0 saturated carbocycles. The molecule has 0 radical (unpaired) electrons. The molecule has 116 valence electrons. The molecule has 0 aliphatic carbocycles. The van der Waals surface area contributed by atoms with Crippen LogP contribution in [-0.2, 0) is 7.05 Å². The van der Waals surface area contributed by atoms with E-state index >= 15 is 0 Å². The Morgan fingerprint density at radius 1 is 1.13 bits per heavy atom. The minimum atomic E-state index is -0.265. The Morgan fingerprint density at radius 3 is 2.65 bits per heavy atom. The molecule has 3 rings (SSSR count). The van der Waals surface area contributed by atoms with Crippen molar-refractivity contribution in [1.82, 2.24) is 14.8 Å². The largest absolute Gasteiger partial charge is 0.322 e. The average Bonchev–Trinajstić information content (AvgIpc) is 2.96. The number of nitrogens with zero attached hydrogens (tertiary/aromatic N) is 3. The van der Waals surface area contributed by atoms with Crippen LogP contribution in [0.3, 0.4) is 0 Å². The second-order valence-electron chi connectivity index (χ2n) is 4.93. The van der Waals surface area contributed by atoms with Gasteiger partial charge in [0.1, 0.15) is 6.33 Å². The first-order valence-electron chi connectivity index (χ1n) is 6.75. The zero-order chi connectivity index (χ0) is 16.4. The minimum Gasteiger partial charge on any atom is -0.322 e. The molecule has 0 atom stereocenters. The van der Waals surface area contributed by atoms with E-state index in [1.54, 1.807) is 29.1 Å². The van der Waals surface area contributed by atoms with E-state index in [0.29, 0.717) is 21.3 Å². The summed E-state index contributed by atoms with van der Waals surface area (Å²) in [5.41, 5.74) is 1.95. The van der Waals surface area contributed by atoms with Gasteiger partial charge >= 0.3 is 0 Å². The normalized spacial score (nSPS) is 10.6. The summed E-state index contributed by atoms with van der Waals surface area (Å²) in [6, 6.07) is 12.1. The van der Waals surface area contributed by atoms with Gasteiger partial charge in [0.15, 0.2) is 5.82 Å². The van der Waals surface area contributed by atoms with Crippen LogP contribution in [0.25, 0.3) is 11.4 Å². The van der Waals surface area contributed by atoms with Gasteiger partial charge in [0.2, 0.25) is 0 Å². The van der Waals surface area contributed by atoms with Gasteiger partial charge in [0.05, 0.1) is 10.0 Å². The van der Waals surface area contributed by atoms with Crippen LogP contribution >= 0.6 is 23.2 Å². The second kappa shape index (κ2) is 6.40. The quantitative estimate of drug-likeness (QED) is 0.778. The Morgan fingerprint density at radius 2 is 1.96 bits per heavy atom. The fourth-order valence-electron chi connectivity index (χ4n) is 2.12. The third-order valence-corrected chi connectivity index (χ3v) is 4.01. The molecular formula is C16H12Cl2N4O.